The van der Waals surface area contributed by atoms with Gasteiger partial charge in [0.15, 0.2) is 0 Å². The summed E-state index contributed by atoms with van der Waals surface area (Å²) in [4.78, 5) is 0. The maximum Gasteiger partial charge on any atom is -0.870 e. The quantitative estimate of drug-likeness (QED) is 0.297. The first-order chi connectivity index (χ1) is 0. The molecule has 0 fully saturated rings. The molecule has 1 N–H and O–H groups in total. The fourth-order valence-corrected chi connectivity index (χ4v) is 0. The zero-order valence-corrected chi connectivity index (χ0v) is 4.57. The molecule has 0 rings (SSSR count). The first-order valence-electron chi connectivity index (χ1n) is 0. The van der Waals surface area contributed by atoms with Crippen molar-refractivity contribution < 1.29 is 56.9 Å². The maximum atomic E-state index is 0. The molecule has 0 saturated carbocycles. The van der Waals surface area contributed by atoms with Crippen LogP contribution >= 0.6 is 0 Å². The van der Waals surface area contributed by atoms with E-state index in [2.05, 4.69) is 0 Å². The van der Waals surface area contributed by atoms with Crippen LogP contribution in [-0.2, 0) is 0 Å². The molecule has 0 aromatic carbocycles. The van der Waals surface area contributed by atoms with Crippen LogP contribution in [0.4, 0.5) is 0 Å². The molecular weight excluding hydrogens is 118 g/mol. The van der Waals surface area contributed by atoms with E-state index in [1.54, 1.807) is 0 Å². The third-order valence-electron chi connectivity index (χ3n) is 0. The average molecular weight is 122 g/mol. The van der Waals surface area contributed by atoms with Gasteiger partial charge in [-0.2, -0.15) is 0 Å². The van der Waals surface area contributed by atoms with Gasteiger partial charge in [-0.25, -0.2) is 0 Å². The standard InChI is InChI=1S/Ca.K.Na.H2O.3H/h;;;1H2;;;/q;+1;;;;;/p-1. The molecule has 0 saturated heterocycles. The molecule has 0 radical (unpaired) electrons. The zero-order valence-electron chi connectivity index (χ0n) is 1.45. The largest absolute Gasteiger partial charge is 0.870 e. The van der Waals surface area contributed by atoms with Gasteiger partial charge in [-0.05, 0) is 0 Å². The average Bonchev–Trinajstić information content (AvgIpc) is 0. The van der Waals surface area contributed by atoms with Crippen LogP contribution in [-0.4, -0.2) is 72.8 Å². The van der Waals surface area contributed by atoms with Gasteiger partial charge in [-0.15, -0.1) is 0 Å². The Labute approximate surface area is 120 Å². The Kier molecular flexibility index (Phi) is 98.2. The first kappa shape index (κ1) is 24.8. The van der Waals surface area contributed by atoms with Crippen molar-refractivity contribution in [1.29, 1.82) is 0 Å². The van der Waals surface area contributed by atoms with E-state index in [0.29, 0.717) is 0 Å². The van der Waals surface area contributed by atoms with Crippen LogP contribution in [0.2, 0.25) is 0 Å². The van der Waals surface area contributed by atoms with Crippen LogP contribution in [0, 0.1) is 0 Å². The normalized spacial score (nSPS) is 0. The SMILES string of the molecule is [CaH2].[K+].[NaH].[OH-]. The Hall–Kier alpha value is 3.86. The Morgan fingerprint density at radius 2 is 1.00 bits per heavy atom. The monoisotopic (exact) mass is 122 g/mol. The van der Waals surface area contributed by atoms with Gasteiger partial charge in [0.1, 0.15) is 0 Å². The molecule has 1 nitrogen and oxygen atoms in total. The molecule has 0 bridgehead atoms. The van der Waals surface area contributed by atoms with E-state index in [9.17, 15) is 0 Å². The van der Waals surface area contributed by atoms with Gasteiger partial charge >= 0.3 is 119 Å². The van der Waals surface area contributed by atoms with Crippen molar-refractivity contribution in [3.63, 3.8) is 0 Å². The maximum absolute atomic E-state index is 0. The molecule has 0 atom stereocenters. The minimum atomic E-state index is 0. The van der Waals surface area contributed by atoms with Crippen LogP contribution in [0.15, 0.2) is 0 Å². The predicted octanol–water partition coefficient (Wildman–Crippen LogP) is -4.74. The van der Waals surface area contributed by atoms with Crippen molar-refractivity contribution in [3.8, 4) is 0 Å². The summed E-state index contributed by atoms with van der Waals surface area (Å²) in [6, 6.07) is 0. The fraction of sp³-hybridized carbons (Fsp3) is 0. The van der Waals surface area contributed by atoms with E-state index >= 15 is 0 Å². The van der Waals surface area contributed by atoms with Crippen molar-refractivity contribution in [3.05, 3.63) is 0 Å². The summed E-state index contributed by atoms with van der Waals surface area (Å²) in [6.07, 6.45) is 0. The van der Waals surface area contributed by atoms with E-state index < -0.39 is 0 Å². The Morgan fingerprint density at radius 1 is 1.00 bits per heavy atom. The van der Waals surface area contributed by atoms with E-state index in [1.165, 1.54) is 0 Å². The Balaban J connectivity index is 0. The molecule has 0 aliphatic heterocycles. The molecule has 0 spiro atoms. The van der Waals surface area contributed by atoms with Crippen LogP contribution < -0.4 is 51.4 Å². The zero-order chi connectivity index (χ0) is 0. The van der Waals surface area contributed by atoms with E-state index in [0.717, 1.165) is 0 Å². The summed E-state index contributed by atoms with van der Waals surface area (Å²) >= 11 is 0. The van der Waals surface area contributed by atoms with E-state index in [1.807, 2.05) is 0 Å². The second kappa shape index (κ2) is 15.8. The molecule has 14 valence electrons. The van der Waals surface area contributed by atoms with E-state index in [-0.39, 0.29) is 124 Å². The predicted molar refractivity (Wildman–Crippen MR) is 17.6 cm³/mol. The van der Waals surface area contributed by atoms with Gasteiger partial charge in [0.05, 0.1) is 0 Å². The van der Waals surface area contributed by atoms with Crippen LogP contribution in [0.1, 0.15) is 0 Å². The second-order valence-corrected chi connectivity index (χ2v) is 0. The minimum absolute atomic E-state index is 0. The van der Waals surface area contributed by atoms with E-state index in [4.69, 9.17) is 0 Å². The molecule has 0 unspecified atom stereocenters. The van der Waals surface area contributed by atoms with Gasteiger partial charge in [0.25, 0.3) is 0 Å². The number of rotatable bonds is 0. The van der Waals surface area contributed by atoms with Crippen LogP contribution in [0.3, 0.4) is 0 Å². The molecule has 0 aliphatic rings. The molecule has 0 aromatic rings. The Morgan fingerprint density at radius 3 is 1.00 bits per heavy atom. The van der Waals surface area contributed by atoms with Crippen molar-refractivity contribution >= 4 is 67.3 Å². The van der Waals surface area contributed by atoms with Crippen molar-refractivity contribution in [2.45, 2.75) is 0 Å². The smallest absolute Gasteiger partial charge is 0.870 e. The number of hydrogen-bond acceptors (Lipinski definition) is 1. The molecule has 0 heterocycles. The van der Waals surface area contributed by atoms with Gasteiger partial charge in [0.2, 0.25) is 0 Å². The topological polar surface area (TPSA) is 30.0 Å². The third kappa shape index (κ3) is 9.29. The van der Waals surface area contributed by atoms with Crippen molar-refractivity contribution in [2.24, 2.45) is 0 Å². The molecule has 4 heteroatoms. The van der Waals surface area contributed by atoms with Crippen molar-refractivity contribution in [2.75, 3.05) is 0 Å². The Bertz CT molecular complexity index is 8.00. The molecule has 0 aromatic heterocycles. The summed E-state index contributed by atoms with van der Waals surface area (Å²) < 4.78 is 0. The fourth-order valence-electron chi connectivity index (χ4n) is 0. The summed E-state index contributed by atoms with van der Waals surface area (Å²) in [5.74, 6) is 0. The summed E-state index contributed by atoms with van der Waals surface area (Å²) in [5.41, 5.74) is 0. The second-order valence-electron chi connectivity index (χ2n) is 0. The first-order valence-corrected chi connectivity index (χ1v) is 0. The number of hydrogen-bond donors (Lipinski definition) is 0. The van der Waals surface area contributed by atoms with Gasteiger partial charge < -0.3 is 5.48 Å². The summed E-state index contributed by atoms with van der Waals surface area (Å²) in [5, 5.41) is 0. The summed E-state index contributed by atoms with van der Waals surface area (Å²) in [6.45, 7) is 0. The van der Waals surface area contributed by atoms with Gasteiger partial charge in [-0.1, -0.05) is 0 Å². The molecule has 4 heavy (non-hydrogen) atoms. The van der Waals surface area contributed by atoms with Crippen molar-refractivity contribution in [1.82, 2.24) is 0 Å². The summed E-state index contributed by atoms with van der Waals surface area (Å²) in [7, 11) is 0. The molecular formula is H4CaKNaO. The van der Waals surface area contributed by atoms with Gasteiger partial charge in [-0.3, -0.25) is 0 Å². The molecule has 0 amide bonds. The van der Waals surface area contributed by atoms with Crippen LogP contribution in [0.25, 0.3) is 0 Å². The third-order valence-corrected chi connectivity index (χ3v) is 0. The van der Waals surface area contributed by atoms with Gasteiger partial charge in [0, 0.05) is 0 Å². The van der Waals surface area contributed by atoms with Crippen LogP contribution in [0.5, 0.6) is 0 Å². The minimum Gasteiger partial charge on any atom is -0.870 e. The molecule has 0 aliphatic carbocycles.